The Kier molecular flexibility index (Phi) is 14.7. The molecule has 0 amide bonds. The van der Waals surface area contributed by atoms with E-state index in [9.17, 15) is 0 Å². The van der Waals surface area contributed by atoms with Gasteiger partial charge in [-0.2, -0.15) is 0 Å². The van der Waals surface area contributed by atoms with Gasteiger partial charge in [-0.05, 0) is 124 Å². The summed E-state index contributed by atoms with van der Waals surface area (Å²) in [5.41, 5.74) is 15.0. The van der Waals surface area contributed by atoms with E-state index in [4.69, 9.17) is 18.9 Å². The summed E-state index contributed by atoms with van der Waals surface area (Å²) in [5, 5.41) is 0. The fourth-order valence-corrected chi connectivity index (χ4v) is 9.76. The van der Waals surface area contributed by atoms with E-state index >= 15 is 0 Å². The minimum atomic E-state index is -0.189. The van der Waals surface area contributed by atoms with E-state index in [1.54, 1.807) is 24.8 Å². The highest BCUT2D eigenvalue weighted by Crippen LogP contribution is 2.46. The molecule has 0 unspecified atom stereocenters. The van der Waals surface area contributed by atoms with Crippen molar-refractivity contribution in [3.8, 4) is 34.5 Å². The van der Waals surface area contributed by atoms with Crippen molar-refractivity contribution >= 4 is 0 Å². The molecule has 8 aromatic rings. The summed E-state index contributed by atoms with van der Waals surface area (Å²) >= 11 is 0. The van der Waals surface area contributed by atoms with Crippen LogP contribution in [0.25, 0.3) is 0 Å². The van der Waals surface area contributed by atoms with Gasteiger partial charge in [0.25, 0.3) is 0 Å². The second-order valence-electron chi connectivity index (χ2n) is 24.3. The standard InChI is InChI=1S/C68H74N2O4/c1-65(2,3)55-33-47-29-51-37-57(67(7,8)9)39-53(63(51)73-59-25-19-27-69-41-59)31-49-35-56(66(4,5)6)36-50(62(49)72-44-46-23-17-14-18-24-46)32-54-40-58(68(10,11)12)38-52(64(54)74-60-26-20-28-70-42-60)30-48(34-55)61(47)71-43-45-21-15-13-16-22-45/h13-28,33-42H,29-32,43-44H2,1-12H3. The molecule has 0 atom stereocenters. The third kappa shape index (κ3) is 12.2. The first-order valence-corrected chi connectivity index (χ1v) is 26.3. The highest BCUT2D eigenvalue weighted by atomic mass is 16.5. The lowest BCUT2D eigenvalue weighted by molar-refractivity contribution is 0.300. The largest absolute Gasteiger partial charge is 0.488 e. The van der Waals surface area contributed by atoms with E-state index in [1.807, 2.05) is 24.3 Å². The third-order valence-electron chi connectivity index (χ3n) is 14.1. The molecule has 8 bridgehead atoms. The van der Waals surface area contributed by atoms with E-state index in [0.717, 1.165) is 78.6 Å². The molecule has 2 aromatic heterocycles. The number of nitrogens with zero attached hydrogens (tertiary/aromatic N) is 2. The molecule has 0 aliphatic heterocycles. The van der Waals surface area contributed by atoms with Crippen LogP contribution in [0.1, 0.15) is 161 Å². The van der Waals surface area contributed by atoms with E-state index < -0.39 is 0 Å². The molecule has 0 fully saturated rings. The van der Waals surface area contributed by atoms with Crippen molar-refractivity contribution in [2.24, 2.45) is 0 Å². The number of hydrogen-bond donors (Lipinski definition) is 0. The zero-order valence-electron chi connectivity index (χ0n) is 45.8. The molecule has 0 spiro atoms. The number of rotatable bonds is 10. The number of benzene rings is 6. The molecule has 1 aliphatic rings. The molecule has 9 rings (SSSR count). The predicted octanol–water partition coefficient (Wildman–Crippen LogP) is 17.1. The van der Waals surface area contributed by atoms with Gasteiger partial charge in [0.2, 0.25) is 0 Å². The summed E-state index contributed by atoms with van der Waals surface area (Å²) in [6, 6.07) is 47.8. The first-order chi connectivity index (χ1) is 35.2. The van der Waals surface area contributed by atoms with Gasteiger partial charge in [-0.25, -0.2) is 0 Å². The van der Waals surface area contributed by atoms with Crippen LogP contribution in [0, 0.1) is 0 Å². The second kappa shape index (κ2) is 21.0. The number of ether oxygens (including phenoxy) is 4. The minimum Gasteiger partial charge on any atom is -0.488 e. The lowest BCUT2D eigenvalue weighted by Crippen LogP contribution is -2.17. The molecular formula is C68H74N2O4. The van der Waals surface area contributed by atoms with Crippen LogP contribution in [0.3, 0.4) is 0 Å². The Labute approximate surface area is 441 Å². The Morgan fingerprint density at radius 2 is 0.608 bits per heavy atom. The summed E-state index contributed by atoms with van der Waals surface area (Å²) in [6.45, 7) is 28.4. The summed E-state index contributed by atoms with van der Waals surface area (Å²) in [7, 11) is 0. The predicted molar refractivity (Wildman–Crippen MR) is 302 cm³/mol. The monoisotopic (exact) mass is 983 g/mol. The van der Waals surface area contributed by atoms with Crippen molar-refractivity contribution in [3.63, 3.8) is 0 Å². The Morgan fingerprint density at radius 1 is 0.338 bits per heavy atom. The van der Waals surface area contributed by atoms with Crippen LogP contribution in [0.2, 0.25) is 0 Å². The van der Waals surface area contributed by atoms with E-state index in [0.29, 0.717) is 50.4 Å². The zero-order valence-corrected chi connectivity index (χ0v) is 45.8. The van der Waals surface area contributed by atoms with Crippen LogP contribution in [-0.4, -0.2) is 9.97 Å². The lowest BCUT2D eigenvalue weighted by atomic mass is 9.79. The highest BCUT2D eigenvalue weighted by Gasteiger charge is 2.30. The van der Waals surface area contributed by atoms with Gasteiger partial charge in [-0.1, -0.05) is 192 Å². The van der Waals surface area contributed by atoms with Gasteiger partial charge in [-0.15, -0.1) is 0 Å². The van der Waals surface area contributed by atoms with Gasteiger partial charge in [-0.3, -0.25) is 9.97 Å². The van der Waals surface area contributed by atoms with Crippen LogP contribution in [0.4, 0.5) is 0 Å². The number of pyridine rings is 2. The summed E-state index contributed by atoms with van der Waals surface area (Å²) in [4.78, 5) is 9.05. The second-order valence-corrected chi connectivity index (χ2v) is 24.3. The lowest BCUT2D eigenvalue weighted by Gasteiger charge is -2.29. The molecule has 0 N–H and O–H groups in total. The normalized spacial score (nSPS) is 13.0. The molecule has 74 heavy (non-hydrogen) atoms. The highest BCUT2D eigenvalue weighted by molar-refractivity contribution is 5.61. The number of fused-ring (bicyclic) bond motifs is 8. The van der Waals surface area contributed by atoms with Crippen molar-refractivity contribution in [2.75, 3.05) is 0 Å². The quantitative estimate of drug-likeness (QED) is 0.136. The maximum atomic E-state index is 7.26. The van der Waals surface area contributed by atoms with Crippen molar-refractivity contribution in [1.82, 2.24) is 9.97 Å². The smallest absolute Gasteiger partial charge is 0.145 e. The third-order valence-corrected chi connectivity index (χ3v) is 14.1. The van der Waals surface area contributed by atoms with E-state index in [-0.39, 0.29) is 21.7 Å². The van der Waals surface area contributed by atoms with E-state index in [1.165, 1.54) is 22.3 Å². The van der Waals surface area contributed by atoms with Crippen molar-refractivity contribution < 1.29 is 18.9 Å². The maximum absolute atomic E-state index is 7.26. The van der Waals surface area contributed by atoms with Gasteiger partial charge in [0.1, 0.15) is 47.7 Å². The van der Waals surface area contributed by atoms with Crippen LogP contribution >= 0.6 is 0 Å². The van der Waals surface area contributed by atoms with Crippen molar-refractivity contribution in [3.05, 3.63) is 236 Å². The first-order valence-electron chi connectivity index (χ1n) is 26.3. The average Bonchev–Trinajstić information content (AvgIpc) is 3.35. The number of aromatic nitrogens is 2. The Hall–Kier alpha value is -7.18. The molecule has 380 valence electrons. The summed E-state index contributed by atoms with van der Waals surface area (Å²) in [5.74, 6) is 4.73. The summed E-state index contributed by atoms with van der Waals surface area (Å²) < 4.78 is 29.0. The molecule has 6 nitrogen and oxygen atoms in total. The van der Waals surface area contributed by atoms with Crippen LogP contribution < -0.4 is 18.9 Å². The van der Waals surface area contributed by atoms with Crippen molar-refractivity contribution in [1.29, 1.82) is 0 Å². The van der Waals surface area contributed by atoms with Crippen molar-refractivity contribution in [2.45, 2.75) is 144 Å². The fraction of sp³-hybridized carbons (Fsp3) is 0.324. The SMILES string of the molecule is CC(C)(C)c1cc2c(OCc3ccccc3)c(c1)Cc1cc(C(C)(C)C)cc(c1Oc1cccnc1)Cc1cc(C(C)(C)C)cc(c1OCc1ccccc1)Cc1cc(C(C)(C)C)cc(c1Oc1cccnc1)C2. The Balaban J connectivity index is 1.41. The van der Waals surface area contributed by atoms with Gasteiger partial charge in [0.15, 0.2) is 0 Å². The van der Waals surface area contributed by atoms with E-state index in [2.05, 4.69) is 202 Å². The fourth-order valence-electron chi connectivity index (χ4n) is 9.76. The average molecular weight is 983 g/mol. The van der Waals surface area contributed by atoms with Gasteiger partial charge >= 0.3 is 0 Å². The molecular weight excluding hydrogens is 909 g/mol. The first kappa shape index (κ1) is 51.7. The molecule has 0 saturated carbocycles. The van der Waals surface area contributed by atoms with Crippen LogP contribution in [-0.2, 0) is 60.6 Å². The van der Waals surface area contributed by atoms with Gasteiger partial charge in [0.05, 0.1) is 12.4 Å². The zero-order chi connectivity index (χ0) is 52.4. The topological polar surface area (TPSA) is 62.7 Å². The molecule has 0 saturated heterocycles. The van der Waals surface area contributed by atoms with Crippen LogP contribution in [0.15, 0.2) is 158 Å². The molecule has 6 heteroatoms. The Morgan fingerprint density at radius 3 is 0.851 bits per heavy atom. The summed E-state index contributed by atoms with van der Waals surface area (Å²) in [6.07, 6.45) is 9.38. The molecule has 1 aliphatic carbocycles. The molecule has 0 radical (unpaired) electrons. The molecule has 6 aromatic carbocycles. The minimum absolute atomic E-state index is 0.188. The Bertz CT molecular complexity index is 2910. The maximum Gasteiger partial charge on any atom is 0.145 e. The van der Waals surface area contributed by atoms with Gasteiger partial charge in [0, 0.05) is 38.1 Å². The number of hydrogen-bond acceptors (Lipinski definition) is 6. The molecule has 2 heterocycles. The van der Waals surface area contributed by atoms with Gasteiger partial charge < -0.3 is 18.9 Å². The van der Waals surface area contributed by atoms with Crippen LogP contribution in [0.5, 0.6) is 34.5 Å².